The number of amides is 1. The number of rotatable bonds is 4. The Morgan fingerprint density at radius 2 is 1.80 bits per heavy atom. The molecule has 0 bridgehead atoms. The van der Waals surface area contributed by atoms with E-state index in [1.54, 1.807) is 0 Å². The predicted octanol–water partition coefficient (Wildman–Crippen LogP) is 3.92. The summed E-state index contributed by atoms with van der Waals surface area (Å²) in [5.74, 6) is 0.0684. The molecule has 2 heteroatoms. The largest absolute Gasteiger partial charge is 0.345 e. The molecule has 0 aliphatic rings. The number of carbonyl (C=O) groups excluding carboxylic acids is 1. The lowest BCUT2D eigenvalue weighted by atomic mass is 9.93. The Morgan fingerprint density at radius 3 is 2.40 bits per heavy atom. The van der Waals surface area contributed by atoms with E-state index in [9.17, 15) is 4.79 Å². The molecule has 2 aromatic rings. The van der Waals surface area contributed by atoms with E-state index < -0.39 is 0 Å². The normalized spacial score (nSPS) is 11.9. The summed E-state index contributed by atoms with van der Waals surface area (Å²) < 4.78 is 0. The van der Waals surface area contributed by atoms with Crippen LogP contribution in [0.25, 0.3) is 0 Å². The summed E-state index contributed by atoms with van der Waals surface area (Å²) >= 11 is 0. The molecule has 2 aromatic carbocycles. The topological polar surface area (TPSA) is 29.1 Å². The van der Waals surface area contributed by atoms with Gasteiger partial charge in [0.2, 0.25) is 5.91 Å². The van der Waals surface area contributed by atoms with E-state index in [0.717, 1.165) is 11.1 Å². The average molecular weight is 267 g/mol. The van der Waals surface area contributed by atoms with Crippen LogP contribution in [0.4, 0.5) is 0 Å². The highest BCUT2D eigenvalue weighted by Gasteiger charge is 2.17. The second-order valence-electron chi connectivity index (χ2n) is 5.12. The molecule has 1 amide bonds. The van der Waals surface area contributed by atoms with Crippen LogP contribution >= 0.6 is 0 Å². The summed E-state index contributed by atoms with van der Waals surface area (Å²) in [6.45, 7) is 6.05. The lowest BCUT2D eigenvalue weighted by Crippen LogP contribution is -2.29. The summed E-state index contributed by atoms with van der Waals surface area (Å²) in [5, 5.41) is 3.12. The van der Waals surface area contributed by atoms with Crippen molar-refractivity contribution >= 4 is 5.91 Å². The van der Waals surface area contributed by atoms with Crippen molar-refractivity contribution in [3.05, 3.63) is 70.8 Å². The molecule has 0 aromatic heterocycles. The zero-order valence-electron chi connectivity index (χ0n) is 12.3. The van der Waals surface area contributed by atoms with E-state index >= 15 is 0 Å². The van der Waals surface area contributed by atoms with Crippen molar-refractivity contribution in [1.82, 2.24) is 5.32 Å². The van der Waals surface area contributed by atoms with Crippen molar-refractivity contribution in [2.75, 3.05) is 0 Å². The Labute approximate surface area is 120 Å². The summed E-state index contributed by atoms with van der Waals surface area (Å²) in [6.07, 6.45) is 0.494. The second kappa shape index (κ2) is 6.38. The van der Waals surface area contributed by atoms with Crippen molar-refractivity contribution in [2.45, 2.75) is 33.2 Å². The standard InChI is InChI=1S/C18H21NO/c1-4-17(20)19-18(15-8-6-5-7-9-15)16-11-10-13(2)12-14(16)3/h5-12,18H,4H2,1-3H3,(H,19,20). The first-order valence-corrected chi connectivity index (χ1v) is 7.03. The monoisotopic (exact) mass is 267 g/mol. The number of hydrogen-bond donors (Lipinski definition) is 1. The van der Waals surface area contributed by atoms with E-state index in [1.165, 1.54) is 11.1 Å². The number of carbonyl (C=O) groups is 1. The minimum atomic E-state index is -0.0794. The van der Waals surface area contributed by atoms with Crippen molar-refractivity contribution in [2.24, 2.45) is 0 Å². The Kier molecular flexibility index (Phi) is 4.57. The Balaban J connectivity index is 2.43. The molecule has 20 heavy (non-hydrogen) atoms. The van der Waals surface area contributed by atoms with Gasteiger partial charge in [0.1, 0.15) is 0 Å². The maximum atomic E-state index is 11.8. The molecule has 1 N–H and O–H groups in total. The van der Waals surface area contributed by atoms with E-state index in [0.29, 0.717) is 6.42 Å². The smallest absolute Gasteiger partial charge is 0.220 e. The maximum Gasteiger partial charge on any atom is 0.220 e. The van der Waals surface area contributed by atoms with Crippen LogP contribution in [0.15, 0.2) is 48.5 Å². The molecule has 0 saturated heterocycles. The van der Waals surface area contributed by atoms with Crippen molar-refractivity contribution in [3.63, 3.8) is 0 Å². The third-order valence-corrected chi connectivity index (χ3v) is 3.50. The molecule has 104 valence electrons. The number of nitrogens with one attached hydrogen (secondary N) is 1. The predicted molar refractivity (Wildman–Crippen MR) is 82.6 cm³/mol. The molecule has 0 saturated carbocycles. The van der Waals surface area contributed by atoms with Crippen LogP contribution in [0.5, 0.6) is 0 Å². The fourth-order valence-corrected chi connectivity index (χ4v) is 2.40. The van der Waals surface area contributed by atoms with Gasteiger partial charge in [-0.2, -0.15) is 0 Å². The maximum absolute atomic E-state index is 11.8. The van der Waals surface area contributed by atoms with Gasteiger partial charge in [0.05, 0.1) is 6.04 Å². The van der Waals surface area contributed by atoms with Gasteiger partial charge in [0.15, 0.2) is 0 Å². The highest BCUT2D eigenvalue weighted by Crippen LogP contribution is 2.25. The molecule has 0 aliphatic carbocycles. The number of benzene rings is 2. The van der Waals surface area contributed by atoms with E-state index in [2.05, 4.69) is 49.5 Å². The first kappa shape index (κ1) is 14.3. The summed E-state index contributed by atoms with van der Waals surface area (Å²) in [7, 11) is 0. The Morgan fingerprint density at radius 1 is 1.10 bits per heavy atom. The zero-order valence-corrected chi connectivity index (χ0v) is 12.3. The van der Waals surface area contributed by atoms with Gasteiger partial charge in [-0.1, -0.05) is 61.0 Å². The molecule has 0 radical (unpaired) electrons. The molecule has 1 unspecified atom stereocenters. The van der Waals surface area contributed by atoms with Crippen LogP contribution in [0.1, 0.15) is 41.6 Å². The van der Waals surface area contributed by atoms with Crippen LogP contribution in [0.2, 0.25) is 0 Å². The van der Waals surface area contributed by atoms with E-state index in [1.807, 2.05) is 25.1 Å². The highest BCUT2D eigenvalue weighted by atomic mass is 16.1. The first-order chi connectivity index (χ1) is 9.61. The fourth-order valence-electron chi connectivity index (χ4n) is 2.40. The third kappa shape index (κ3) is 3.27. The van der Waals surface area contributed by atoms with Gasteiger partial charge < -0.3 is 5.32 Å². The summed E-state index contributed by atoms with van der Waals surface area (Å²) in [4.78, 5) is 11.8. The minimum Gasteiger partial charge on any atom is -0.345 e. The molecule has 0 aliphatic heterocycles. The Hall–Kier alpha value is -2.09. The van der Waals surface area contributed by atoms with Gasteiger partial charge in [-0.05, 0) is 30.5 Å². The minimum absolute atomic E-state index is 0.0684. The second-order valence-corrected chi connectivity index (χ2v) is 5.12. The molecule has 2 rings (SSSR count). The van der Waals surface area contributed by atoms with E-state index in [-0.39, 0.29) is 11.9 Å². The lowest BCUT2D eigenvalue weighted by Gasteiger charge is -2.21. The molecule has 0 spiro atoms. The van der Waals surface area contributed by atoms with Gasteiger partial charge in [-0.25, -0.2) is 0 Å². The van der Waals surface area contributed by atoms with Gasteiger partial charge >= 0.3 is 0 Å². The van der Waals surface area contributed by atoms with Crippen LogP contribution in [0.3, 0.4) is 0 Å². The highest BCUT2D eigenvalue weighted by molar-refractivity contribution is 5.76. The molecule has 2 nitrogen and oxygen atoms in total. The summed E-state index contributed by atoms with van der Waals surface area (Å²) in [6, 6.07) is 16.4. The number of hydrogen-bond acceptors (Lipinski definition) is 1. The van der Waals surface area contributed by atoms with Gasteiger partial charge in [-0.3, -0.25) is 4.79 Å². The van der Waals surface area contributed by atoms with Gasteiger partial charge in [0, 0.05) is 6.42 Å². The van der Waals surface area contributed by atoms with E-state index in [4.69, 9.17) is 0 Å². The van der Waals surface area contributed by atoms with Crippen molar-refractivity contribution in [3.8, 4) is 0 Å². The Bertz CT molecular complexity index is 590. The van der Waals surface area contributed by atoms with Crippen LogP contribution in [-0.4, -0.2) is 5.91 Å². The third-order valence-electron chi connectivity index (χ3n) is 3.50. The molecule has 0 fully saturated rings. The van der Waals surface area contributed by atoms with Crippen LogP contribution < -0.4 is 5.32 Å². The average Bonchev–Trinajstić information content (AvgIpc) is 2.46. The molecule has 0 heterocycles. The van der Waals surface area contributed by atoms with Crippen LogP contribution in [0, 0.1) is 13.8 Å². The molecular weight excluding hydrogens is 246 g/mol. The quantitative estimate of drug-likeness (QED) is 0.893. The first-order valence-electron chi connectivity index (χ1n) is 7.03. The SMILES string of the molecule is CCC(=O)NC(c1ccccc1)c1ccc(C)cc1C. The molecule has 1 atom stereocenters. The summed E-state index contributed by atoms with van der Waals surface area (Å²) in [5.41, 5.74) is 4.71. The van der Waals surface area contributed by atoms with Gasteiger partial charge in [0.25, 0.3) is 0 Å². The van der Waals surface area contributed by atoms with Crippen LogP contribution in [-0.2, 0) is 4.79 Å². The van der Waals surface area contributed by atoms with Crippen molar-refractivity contribution in [1.29, 1.82) is 0 Å². The lowest BCUT2D eigenvalue weighted by molar-refractivity contribution is -0.121. The number of aryl methyl sites for hydroxylation is 2. The van der Waals surface area contributed by atoms with Gasteiger partial charge in [-0.15, -0.1) is 0 Å². The zero-order chi connectivity index (χ0) is 14.5. The van der Waals surface area contributed by atoms with Crippen molar-refractivity contribution < 1.29 is 4.79 Å². The fraction of sp³-hybridized carbons (Fsp3) is 0.278. The molecular formula is C18H21NO.